The summed E-state index contributed by atoms with van der Waals surface area (Å²) in [5, 5.41) is 0. The molecule has 0 aliphatic carbocycles. The molecule has 0 radical (unpaired) electrons. The van der Waals surface area contributed by atoms with Crippen LogP contribution in [0.3, 0.4) is 0 Å². The Balaban J connectivity index is 1.69. The number of benzene rings is 3. The number of carbonyl (C=O) groups is 1. The van der Waals surface area contributed by atoms with Crippen LogP contribution in [0.25, 0.3) is 0 Å². The van der Waals surface area contributed by atoms with Gasteiger partial charge >= 0.3 is 12.1 Å². The number of halogens is 4. The lowest BCUT2D eigenvalue weighted by Crippen LogP contribution is -2.17. The van der Waals surface area contributed by atoms with Gasteiger partial charge in [-0.3, -0.25) is 0 Å². The lowest BCUT2D eigenvalue weighted by molar-refractivity contribution is -0.138. The van der Waals surface area contributed by atoms with Crippen molar-refractivity contribution in [2.75, 3.05) is 0 Å². The standard InChI is InChI=1S/C21H14F4O3/c22-15-6-11-19(21(23,24)25)18(12-15)20(26)28-17-9-7-16(8-10-17)27-13-14-4-2-1-3-5-14/h1-12H,13H2. The lowest BCUT2D eigenvalue weighted by Gasteiger charge is -2.12. The van der Waals surface area contributed by atoms with Crippen molar-refractivity contribution in [1.29, 1.82) is 0 Å². The predicted molar refractivity (Wildman–Crippen MR) is 93.6 cm³/mol. The first-order valence-electron chi connectivity index (χ1n) is 8.18. The molecule has 144 valence electrons. The summed E-state index contributed by atoms with van der Waals surface area (Å²) in [6.07, 6.45) is -4.81. The molecule has 0 saturated carbocycles. The summed E-state index contributed by atoms with van der Waals surface area (Å²) < 4.78 is 62.9. The van der Waals surface area contributed by atoms with Crippen LogP contribution in [0.15, 0.2) is 72.8 Å². The second-order valence-electron chi connectivity index (χ2n) is 5.82. The van der Waals surface area contributed by atoms with E-state index in [9.17, 15) is 22.4 Å². The minimum absolute atomic E-state index is 0.00875. The van der Waals surface area contributed by atoms with Crippen LogP contribution in [0.5, 0.6) is 11.5 Å². The SMILES string of the molecule is O=C(Oc1ccc(OCc2ccccc2)cc1)c1cc(F)ccc1C(F)(F)F. The van der Waals surface area contributed by atoms with Gasteiger partial charge in [-0.15, -0.1) is 0 Å². The Kier molecular flexibility index (Phi) is 5.63. The van der Waals surface area contributed by atoms with E-state index in [1.807, 2.05) is 30.3 Å². The van der Waals surface area contributed by atoms with E-state index in [4.69, 9.17) is 9.47 Å². The fourth-order valence-electron chi connectivity index (χ4n) is 2.44. The van der Waals surface area contributed by atoms with E-state index in [-0.39, 0.29) is 5.75 Å². The topological polar surface area (TPSA) is 35.5 Å². The highest BCUT2D eigenvalue weighted by Crippen LogP contribution is 2.33. The summed E-state index contributed by atoms with van der Waals surface area (Å²) in [6.45, 7) is 0.332. The van der Waals surface area contributed by atoms with Crippen LogP contribution >= 0.6 is 0 Å². The maximum absolute atomic E-state index is 13.3. The van der Waals surface area contributed by atoms with Crippen molar-refractivity contribution >= 4 is 5.97 Å². The number of rotatable bonds is 5. The molecular weight excluding hydrogens is 376 g/mol. The van der Waals surface area contributed by atoms with E-state index in [0.29, 0.717) is 30.6 Å². The zero-order valence-corrected chi connectivity index (χ0v) is 14.4. The molecule has 0 spiro atoms. The van der Waals surface area contributed by atoms with Gasteiger partial charge in [-0.05, 0) is 48.0 Å². The van der Waals surface area contributed by atoms with Gasteiger partial charge in [-0.1, -0.05) is 30.3 Å². The van der Waals surface area contributed by atoms with Crippen LogP contribution in [-0.4, -0.2) is 5.97 Å². The maximum atomic E-state index is 13.3. The minimum atomic E-state index is -4.81. The average molecular weight is 390 g/mol. The monoisotopic (exact) mass is 390 g/mol. The second kappa shape index (κ2) is 8.12. The van der Waals surface area contributed by atoms with Crippen LogP contribution < -0.4 is 9.47 Å². The molecule has 0 bridgehead atoms. The normalized spacial score (nSPS) is 11.1. The van der Waals surface area contributed by atoms with E-state index in [1.54, 1.807) is 0 Å². The first-order valence-corrected chi connectivity index (χ1v) is 8.18. The first kappa shape index (κ1) is 19.4. The van der Waals surface area contributed by atoms with Crippen molar-refractivity contribution in [2.24, 2.45) is 0 Å². The highest BCUT2D eigenvalue weighted by molar-refractivity contribution is 5.92. The summed E-state index contributed by atoms with van der Waals surface area (Å²) in [6, 6.07) is 16.9. The molecule has 0 aromatic heterocycles. The number of carbonyl (C=O) groups excluding carboxylic acids is 1. The van der Waals surface area contributed by atoms with Crippen molar-refractivity contribution in [3.8, 4) is 11.5 Å². The predicted octanol–water partition coefficient (Wildman–Crippen LogP) is 5.64. The molecule has 0 unspecified atom stereocenters. The quantitative estimate of drug-likeness (QED) is 0.321. The van der Waals surface area contributed by atoms with Crippen molar-refractivity contribution in [1.82, 2.24) is 0 Å². The summed E-state index contributed by atoms with van der Waals surface area (Å²) in [7, 11) is 0. The third kappa shape index (κ3) is 4.88. The van der Waals surface area contributed by atoms with Crippen molar-refractivity contribution < 1.29 is 31.8 Å². The molecular formula is C21H14F4O3. The third-order valence-corrected chi connectivity index (χ3v) is 3.79. The smallest absolute Gasteiger partial charge is 0.417 e. The van der Waals surface area contributed by atoms with E-state index in [1.165, 1.54) is 24.3 Å². The molecule has 0 aliphatic rings. The van der Waals surface area contributed by atoms with Gasteiger partial charge in [0, 0.05) is 0 Å². The van der Waals surface area contributed by atoms with Gasteiger partial charge in [-0.25, -0.2) is 9.18 Å². The molecule has 3 aromatic rings. The minimum Gasteiger partial charge on any atom is -0.489 e. The first-order chi connectivity index (χ1) is 13.3. The molecule has 0 aliphatic heterocycles. The Bertz CT molecular complexity index is 952. The molecule has 0 atom stereocenters. The Hall–Kier alpha value is -3.35. The number of esters is 1. The number of hydrogen-bond acceptors (Lipinski definition) is 3. The van der Waals surface area contributed by atoms with Gasteiger partial charge in [0.15, 0.2) is 0 Å². The highest BCUT2D eigenvalue weighted by atomic mass is 19.4. The summed E-state index contributed by atoms with van der Waals surface area (Å²) in [4.78, 5) is 12.1. The summed E-state index contributed by atoms with van der Waals surface area (Å²) >= 11 is 0. The van der Waals surface area contributed by atoms with Crippen molar-refractivity contribution in [3.05, 3.63) is 95.3 Å². The van der Waals surface area contributed by atoms with Gasteiger partial charge in [-0.2, -0.15) is 13.2 Å². The van der Waals surface area contributed by atoms with Crippen LogP contribution in [0.2, 0.25) is 0 Å². The Morgan fingerprint density at radius 2 is 1.50 bits per heavy atom. The van der Waals surface area contributed by atoms with Gasteiger partial charge < -0.3 is 9.47 Å². The molecule has 0 amide bonds. The molecule has 3 aromatic carbocycles. The van der Waals surface area contributed by atoms with E-state index in [0.717, 1.165) is 5.56 Å². The molecule has 0 N–H and O–H groups in total. The molecule has 3 rings (SSSR count). The third-order valence-electron chi connectivity index (χ3n) is 3.79. The maximum Gasteiger partial charge on any atom is 0.417 e. The average Bonchev–Trinajstić information content (AvgIpc) is 2.67. The Labute approximate surface area is 158 Å². The molecule has 28 heavy (non-hydrogen) atoms. The van der Waals surface area contributed by atoms with Crippen LogP contribution in [0.4, 0.5) is 17.6 Å². The number of ether oxygens (including phenoxy) is 2. The molecule has 0 saturated heterocycles. The van der Waals surface area contributed by atoms with E-state index in [2.05, 4.69) is 0 Å². The molecule has 0 heterocycles. The second-order valence-corrected chi connectivity index (χ2v) is 5.82. The Morgan fingerprint density at radius 3 is 2.14 bits per heavy atom. The molecule has 3 nitrogen and oxygen atoms in total. The van der Waals surface area contributed by atoms with Crippen molar-refractivity contribution in [3.63, 3.8) is 0 Å². The number of alkyl halides is 3. The zero-order valence-electron chi connectivity index (χ0n) is 14.4. The largest absolute Gasteiger partial charge is 0.489 e. The molecule has 7 heteroatoms. The van der Waals surface area contributed by atoms with Gasteiger partial charge in [0.2, 0.25) is 0 Å². The summed E-state index contributed by atoms with van der Waals surface area (Å²) in [5.74, 6) is -1.77. The van der Waals surface area contributed by atoms with Crippen molar-refractivity contribution in [2.45, 2.75) is 12.8 Å². The van der Waals surface area contributed by atoms with E-state index >= 15 is 0 Å². The fraction of sp³-hybridized carbons (Fsp3) is 0.0952. The van der Waals surface area contributed by atoms with E-state index < -0.39 is 29.1 Å². The zero-order chi connectivity index (χ0) is 20.1. The molecule has 0 fully saturated rings. The summed E-state index contributed by atoms with van der Waals surface area (Å²) in [5.41, 5.74) is -1.19. The van der Waals surface area contributed by atoms with Gasteiger partial charge in [0.1, 0.15) is 23.9 Å². The van der Waals surface area contributed by atoms with Gasteiger partial charge in [0.05, 0.1) is 11.1 Å². The van der Waals surface area contributed by atoms with Crippen LogP contribution in [-0.2, 0) is 12.8 Å². The van der Waals surface area contributed by atoms with Crippen LogP contribution in [0.1, 0.15) is 21.5 Å². The van der Waals surface area contributed by atoms with Crippen LogP contribution in [0, 0.1) is 5.82 Å². The Morgan fingerprint density at radius 1 is 0.857 bits per heavy atom. The number of hydrogen-bond donors (Lipinski definition) is 0. The highest BCUT2D eigenvalue weighted by Gasteiger charge is 2.36. The lowest BCUT2D eigenvalue weighted by atomic mass is 10.1. The fourth-order valence-corrected chi connectivity index (χ4v) is 2.44. The van der Waals surface area contributed by atoms with Gasteiger partial charge in [0.25, 0.3) is 0 Å².